The number of rotatable bonds is 6. The van der Waals surface area contributed by atoms with Crippen molar-refractivity contribution in [1.29, 1.82) is 0 Å². The van der Waals surface area contributed by atoms with E-state index in [0.29, 0.717) is 32.1 Å². The molecule has 122 valence electrons. The highest BCUT2D eigenvalue weighted by Crippen LogP contribution is 2.25. The molecule has 1 aliphatic heterocycles. The number of ether oxygens (including phenoxy) is 1. The van der Waals surface area contributed by atoms with Gasteiger partial charge in [-0.2, -0.15) is 0 Å². The van der Waals surface area contributed by atoms with Gasteiger partial charge in [-0.3, -0.25) is 9.59 Å². The van der Waals surface area contributed by atoms with Gasteiger partial charge in [0.1, 0.15) is 12.1 Å². The molecule has 1 heterocycles. The van der Waals surface area contributed by atoms with Crippen molar-refractivity contribution in [1.82, 2.24) is 10.2 Å². The SMILES string of the molecule is CCC1C(=O)NC(C(C)(C)C)C(=O)N1CCOCC(C)C. The van der Waals surface area contributed by atoms with E-state index in [-0.39, 0.29) is 23.3 Å². The number of amides is 2. The third-order valence-corrected chi connectivity index (χ3v) is 3.68. The first-order valence-corrected chi connectivity index (χ1v) is 7.87. The molecule has 5 heteroatoms. The highest BCUT2D eigenvalue weighted by molar-refractivity contribution is 5.97. The topological polar surface area (TPSA) is 58.6 Å². The monoisotopic (exact) mass is 298 g/mol. The lowest BCUT2D eigenvalue weighted by Crippen LogP contribution is -2.66. The molecule has 0 saturated carbocycles. The van der Waals surface area contributed by atoms with E-state index in [4.69, 9.17) is 4.74 Å². The first-order valence-electron chi connectivity index (χ1n) is 7.87. The molecular formula is C16H30N2O3. The van der Waals surface area contributed by atoms with Gasteiger partial charge in [0, 0.05) is 13.2 Å². The van der Waals surface area contributed by atoms with E-state index in [1.54, 1.807) is 4.90 Å². The summed E-state index contributed by atoms with van der Waals surface area (Å²) in [6, 6.07) is -0.836. The van der Waals surface area contributed by atoms with E-state index in [1.165, 1.54) is 0 Å². The smallest absolute Gasteiger partial charge is 0.246 e. The molecule has 0 spiro atoms. The van der Waals surface area contributed by atoms with Gasteiger partial charge in [0.05, 0.1) is 6.61 Å². The molecule has 1 saturated heterocycles. The van der Waals surface area contributed by atoms with Crippen molar-refractivity contribution in [2.24, 2.45) is 11.3 Å². The van der Waals surface area contributed by atoms with Gasteiger partial charge in [-0.25, -0.2) is 0 Å². The van der Waals surface area contributed by atoms with Crippen molar-refractivity contribution in [3.8, 4) is 0 Å². The summed E-state index contributed by atoms with van der Waals surface area (Å²) in [4.78, 5) is 26.6. The Kier molecular flexibility index (Phi) is 6.20. The maximum absolute atomic E-state index is 12.7. The van der Waals surface area contributed by atoms with Crippen molar-refractivity contribution in [3.63, 3.8) is 0 Å². The Hall–Kier alpha value is -1.10. The van der Waals surface area contributed by atoms with Crippen molar-refractivity contribution in [2.45, 2.75) is 60.0 Å². The molecule has 2 amide bonds. The number of piperazine rings is 1. The second kappa shape index (κ2) is 7.25. The number of carbonyl (C=O) groups is 2. The van der Waals surface area contributed by atoms with Gasteiger partial charge in [-0.05, 0) is 17.8 Å². The Balaban J connectivity index is 2.75. The lowest BCUT2D eigenvalue weighted by atomic mass is 9.83. The summed E-state index contributed by atoms with van der Waals surface area (Å²) in [5.41, 5.74) is -0.289. The fraction of sp³-hybridized carbons (Fsp3) is 0.875. The van der Waals surface area contributed by atoms with Crippen LogP contribution in [-0.2, 0) is 14.3 Å². The quantitative estimate of drug-likeness (QED) is 0.761. The molecule has 1 fully saturated rings. The molecule has 21 heavy (non-hydrogen) atoms. The summed E-state index contributed by atoms with van der Waals surface area (Å²) in [7, 11) is 0. The Morgan fingerprint density at radius 2 is 1.90 bits per heavy atom. The highest BCUT2D eigenvalue weighted by Gasteiger charge is 2.44. The van der Waals surface area contributed by atoms with Gasteiger partial charge in [0.15, 0.2) is 0 Å². The summed E-state index contributed by atoms with van der Waals surface area (Å²) in [6.45, 7) is 13.6. The number of nitrogens with one attached hydrogen (secondary N) is 1. The van der Waals surface area contributed by atoms with Crippen LogP contribution in [0, 0.1) is 11.3 Å². The van der Waals surface area contributed by atoms with Crippen molar-refractivity contribution < 1.29 is 14.3 Å². The molecule has 5 nitrogen and oxygen atoms in total. The second-order valence-corrected chi connectivity index (χ2v) is 7.23. The average Bonchev–Trinajstić information content (AvgIpc) is 2.36. The minimum atomic E-state index is -0.460. The summed E-state index contributed by atoms with van der Waals surface area (Å²) in [5.74, 6) is 0.414. The van der Waals surface area contributed by atoms with Gasteiger partial charge in [0.2, 0.25) is 11.8 Å². The van der Waals surface area contributed by atoms with Crippen LogP contribution in [0.25, 0.3) is 0 Å². The Morgan fingerprint density at radius 3 is 2.38 bits per heavy atom. The van der Waals surface area contributed by atoms with Crippen LogP contribution in [0.4, 0.5) is 0 Å². The molecule has 0 radical (unpaired) electrons. The fourth-order valence-corrected chi connectivity index (χ4v) is 2.50. The highest BCUT2D eigenvalue weighted by atomic mass is 16.5. The largest absolute Gasteiger partial charge is 0.379 e. The minimum absolute atomic E-state index is 0.00194. The third-order valence-electron chi connectivity index (χ3n) is 3.68. The minimum Gasteiger partial charge on any atom is -0.379 e. The van der Waals surface area contributed by atoms with E-state index in [1.807, 2.05) is 27.7 Å². The predicted molar refractivity (Wildman–Crippen MR) is 82.8 cm³/mol. The van der Waals surface area contributed by atoms with Gasteiger partial charge >= 0.3 is 0 Å². The van der Waals surface area contributed by atoms with Crippen LogP contribution >= 0.6 is 0 Å². The van der Waals surface area contributed by atoms with Crippen molar-refractivity contribution in [2.75, 3.05) is 19.8 Å². The van der Waals surface area contributed by atoms with E-state index in [9.17, 15) is 9.59 Å². The molecule has 2 unspecified atom stereocenters. The molecule has 0 aliphatic carbocycles. The molecule has 0 aromatic carbocycles. The lowest BCUT2D eigenvalue weighted by molar-refractivity contribution is -0.153. The molecule has 0 bridgehead atoms. The van der Waals surface area contributed by atoms with Crippen molar-refractivity contribution >= 4 is 11.8 Å². The van der Waals surface area contributed by atoms with Gasteiger partial charge in [0.25, 0.3) is 0 Å². The Labute approximate surface area is 128 Å². The number of carbonyl (C=O) groups excluding carboxylic acids is 2. The molecule has 1 aliphatic rings. The number of hydrogen-bond donors (Lipinski definition) is 1. The summed E-state index contributed by atoms with van der Waals surface area (Å²) in [6.07, 6.45) is 0.624. The zero-order valence-corrected chi connectivity index (χ0v) is 14.2. The summed E-state index contributed by atoms with van der Waals surface area (Å²) < 4.78 is 5.57. The van der Waals surface area contributed by atoms with Crippen LogP contribution in [0.3, 0.4) is 0 Å². The molecule has 0 aromatic heterocycles. The molecule has 2 atom stereocenters. The molecule has 1 rings (SSSR count). The van der Waals surface area contributed by atoms with Crippen LogP contribution < -0.4 is 5.32 Å². The maximum Gasteiger partial charge on any atom is 0.246 e. The maximum atomic E-state index is 12.7. The summed E-state index contributed by atoms with van der Waals surface area (Å²) >= 11 is 0. The van der Waals surface area contributed by atoms with Crippen LogP contribution in [0.1, 0.15) is 48.0 Å². The van der Waals surface area contributed by atoms with E-state index >= 15 is 0 Å². The van der Waals surface area contributed by atoms with Crippen LogP contribution in [0.2, 0.25) is 0 Å². The zero-order chi connectivity index (χ0) is 16.2. The van der Waals surface area contributed by atoms with E-state index in [2.05, 4.69) is 19.2 Å². The number of nitrogens with zero attached hydrogens (tertiary/aromatic N) is 1. The Morgan fingerprint density at radius 1 is 1.29 bits per heavy atom. The molecule has 0 aromatic rings. The van der Waals surface area contributed by atoms with E-state index in [0.717, 1.165) is 0 Å². The lowest BCUT2D eigenvalue weighted by Gasteiger charge is -2.43. The zero-order valence-electron chi connectivity index (χ0n) is 14.2. The third kappa shape index (κ3) is 4.70. The van der Waals surface area contributed by atoms with Gasteiger partial charge in [-0.1, -0.05) is 41.5 Å². The van der Waals surface area contributed by atoms with Crippen LogP contribution in [-0.4, -0.2) is 48.6 Å². The van der Waals surface area contributed by atoms with Gasteiger partial charge < -0.3 is 15.0 Å². The van der Waals surface area contributed by atoms with Crippen molar-refractivity contribution in [3.05, 3.63) is 0 Å². The molecular weight excluding hydrogens is 268 g/mol. The summed E-state index contributed by atoms with van der Waals surface area (Å²) in [5, 5.41) is 2.87. The van der Waals surface area contributed by atoms with Gasteiger partial charge in [-0.15, -0.1) is 0 Å². The first-order chi connectivity index (χ1) is 9.68. The number of hydrogen-bond acceptors (Lipinski definition) is 3. The molecule has 1 N–H and O–H groups in total. The fourth-order valence-electron chi connectivity index (χ4n) is 2.50. The standard InChI is InChI=1S/C16H30N2O3/c1-7-12-14(19)17-13(16(4,5)6)15(20)18(12)8-9-21-10-11(2)3/h11-13H,7-10H2,1-6H3,(H,17,19). The Bertz CT molecular complexity index is 374. The normalized spacial score (nSPS) is 23.7. The average molecular weight is 298 g/mol. The van der Waals surface area contributed by atoms with Crippen LogP contribution in [0.15, 0.2) is 0 Å². The first kappa shape index (κ1) is 18.0. The van der Waals surface area contributed by atoms with Crippen LogP contribution in [0.5, 0.6) is 0 Å². The predicted octanol–water partition coefficient (Wildman–Crippen LogP) is 1.81. The van der Waals surface area contributed by atoms with E-state index < -0.39 is 6.04 Å². The second-order valence-electron chi connectivity index (χ2n) is 7.23.